The van der Waals surface area contributed by atoms with E-state index in [2.05, 4.69) is 0 Å². The maximum Gasteiger partial charge on any atom is 0.410 e. The molecule has 0 radical (unpaired) electrons. The highest BCUT2D eigenvalue weighted by Crippen LogP contribution is 2.28. The molecule has 0 aromatic heterocycles. The first-order valence-corrected chi connectivity index (χ1v) is 11.0. The molecule has 4 rings (SSSR count). The van der Waals surface area contributed by atoms with Gasteiger partial charge in [-0.25, -0.2) is 9.18 Å². The van der Waals surface area contributed by atoms with Crippen LogP contribution in [0.25, 0.3) is 11.1 Å². The predicted octanol–water partition coefficient (Wildman–Crippen LogP) is 6.22. The zero-order chi connectivity index (χ0) is 22.8. The third kappa shape index (κ3) is 6.66. The van der Waals surface area contributed by atoms with Gasteiger partial charge in [0.1, 0.15) is 11.9 Å². The number of carbonyl (C=O) groups is 1. The van der Waals surface area contributed by atoms with Crippen molar-refractivity contribution in [3.8, 4) is 11.1 Å². The quantitative estimate of drug-likeness (QED) is 0.500. The molecule has 1 N–H and O–H groups in total. The first-order chi connectivity index (χ1) is 15.6. The Labute approximate surface area is 189 Å². The first kappa shape index (κ1) is 23.5. The summed E-state index contributed by atoms with van der Waals surface area (Å²) >= 11 is 0. The third-order valence-corrected chi connectivity index (χ3v) is 5.58. The third-order valence-electron chi connectivity index (χ3n) is 5.58. The number of nitrogens with zero attached hydrogens (tertiary/aromatic N) is 1. The van der Waals surface area contributed by atoms with Gasteiger partial charge in [-0.2, -0.15) is 0 Å². The number of amides is 1. The molecule has 3 aromatic carbocycles. The van der Waals surface area contributed by atoms with E-state index in [-0.39, 0.29) is 30.7 Å². The van der Waals surface area contributed by atoms with Crippen LogP contribution in [-0.2, 0) is 4.74 Å². The number of cyclic esters (lactones) is 1. The zero-order valence-electron chi connectivity index (χ0n) is 18.4. The minimum Gasteiger partial charge on any atom is -0.446 e. The summed E-state index contributed by atoms with van der Waals surface area (Å²) in [5.41, 5.74) is 2.99. The minimum absolute atomic E-state index is 0.0800. The van der Waals surface area contributed by atoms with E-state index in [1.165, 1.54) is 12.1 Å². The Morgan fingerprint density at radius 3 is 2.00 bits per heavy atom. The highest BCUT2D eigenvalue weighted by atomic mass is 19.1. The Morgan fingerprint density at radius 2 is 1.50 bits per heavy atom. The van der Waals surface area contributed by atoms with Crippen molar-refractivity contribution < 1.29 is 19.0 Å². The van der Waals surface area contributed by atoms with Crippen LogP contribution >= 0.6 is 0 Å². The monoisotopic (exact) mass is 435 g/mol. The summed E-state index contributed by atoms with van der Waals surface area (Å²) in [7, 11) is 0. The maximum atomic E-state index is 13.0. The number of carbonyl (C=O) groups excluding carboxylic acids is 1. The minimum atomic E-state index is -0.297. The summed E-state index contributed by atoms with van der Waals surface area (Å²) in [6, 6.07) is 26.3. The Hall–Kier alpha value is -3.18. The SMILES string of the molecule is CC(c1ccc(-c2ccc(F)cc2)cc1)N1CCC(CCCO)OC1=O.c1ccccc1. The normalized spacial score (nSPS) is 16.5. The van der Waals surface area contributed by atoms with Gasteiger partial charge < -0.3 is 14.7 Å². The molecule has 1 amide bonds. The number of hydrogen-bond donors (Lipinski definition) is 1. The lowest BCUT2D eigenvalue weighted by atomic mass is 10.00. The number of halogens is 1. The summed E-state index contributed by atoms with van der Waals surface area (Å²) in [5, 5.41) is 8.90. The number of ether oxygens (including phenoxy) is 1. The molecule has 5 heteroatoms. The number of aliphatic hydroxyl groups is 1. The number of aliphatic hydroxyl groups excluding tert-OH is 1. The van der Waals surface area contributed by atoms with Crippen molar-refractivity contribution in [2.45, 2.75) is 38.3 Å². The second-order valence-electron chi connectivity index (χ2n) is 7.81. The highest BCUT2D eigenvalue weighted by Gasteiger charge is 2.30. The molecule has 1 fully saturated rings. The molecule has 32 heavy (non-hydrogen) atoms. The van der Waals surface area contributed by atoms with E-state index in [0.29, 0.717) is 19.4 Å². The molecule has 0 bridgehead atoms. The average molecular weight is 436 g/mol. The summed E-state index contributed by atoms with van der Waals surface area (Å²) < 4.78 is 18.5. The van der Waals surface area contributed by atoms with Gasteiger partial charge in [0.25, 0.3) is 0 Å². The van der Waals surface area contributed by atoms with Crippen molar-refractivity contribution in [1.29, 1.82) is 0 Å². The van der Waals surface area contributed by atoms with Crippen molar-refractivity contribution in [3.05, 3.63) is 96.3 Å². The van der Waals surface area contributed by atoms with Crippen LogP contribution in [0, 0.1) is 5.82 Å². The molecule has 0 saturated carbocycles. The van der Waals surface area contributed by atoms with Crippen LogP contribution in [0.15, 0.2) is 84.9 Å². The van der Waals surface area contributed by atoms with Gasteiger partial charge in [-0.3, -0.25) is 0 Å². The maximum absolute atomic E-state index is 13.0. The fourth-order valence-electron chi connectivity index (χ4n) is 3.68. The first-order valence-electron chi connectivity index (χ1n) is 11.0. The van der Waals surface area contributed by atoms with E-state index in [4.69, 9.17) is 9.84 Å². The standard InChI is InChI=1S/C21H24FNO3.C6H6/c1-15(23-13-12-20(3-2-14-24)26-21(23)25)16-4-6-17(7-5-16)18-8-10-19(22)11-9-18;1-2-4-6-5-3-1/h4-11,15,20,24H,2-3,12-14H2,1H3;1-6H. The van der Waals surface area contributed by atoms with Crippen LogP contribution in [0.1, 0.15) is 37.8 Å². The van der Waals surface area contributed by atoms with Crippen molar-refractivity contribution in [2.24, 2.45) is 0 Å². The lowest BCUT2D eigenvalue weighted by molar-refractivity contribution is 0.00760. The van der Waals surface area contributed by atoms with Crippen LogP contribution < -0.4 is 0 Å². The van der Waals surface area contributed by atoms with E-state index in [1.807, 2.05) is 67.6 Å². The molecule has 1 aliphatic rings. The van der Waals surface area contributed by atoms with E-state index >= 15 is 0 Å². The second-order valence-corrected chi connectivity index (χ2v) is 7.81. The molecule has 2 atom stereocenters. The molecular weight excluding hydrogens is 405 g/mol. The van der Waals surface area contributed by atoms with Gasteiger partial charge in [-0.1, -0.05) is 72.8 Å². The van der Waals surface area contributed by atoms with E-state index < -0.39 is 0 Å². The summed E-state index contributed by atoms with van der Waals surface area (Å²) in [6.45, 7) is 2.76. The molecule has 168 valence electrons. The van der Waals surface area contributed by atoms with Crippen LogP contribution in [0.2, 0.25) is 0 Å². The molecule has 0 spiro atoms. The van der Waals surface area contributed by atoms with E-state index in [9.17, 15) is 9.18 Å². The Bertz CT molecular complexity index is 918. The predicted molar refractivity (Wildman–Crippen MR) is 125 cm³/mol. The Balaban J connectivity index is 0.000000416. The molecule has 1 heterocycles. The van der Waals surface area contributed by atoms with Crippen LogP contribution in [0.3, 0.4) is 0 Å². The molecule has 0 aliphatic carbocycles. The topological polar surface area (TPSA) is 49.8 Å². The van der Waals surface area contributed by atoms with E-state index in [1.54, 1.807) is 17.0 Å². The van der Waals surface area contributed by atoms with Crippen molar-refractivity contribution >= 4 is 6.09 Å². The zero-order valence-corrected chi connectivity index (χ0v) is 18.4. The number of benzene rings is 3. The van der Waals surface area contributed by atoms with Gasteiger partial charge in [-0.05, 0) is 48.6 Å². The summed E-state index contributed by atoms with van der Waals surface area (Å²) in [6.07, 6.45) is 1.74. The van der Waals surface area contributed by atoms with Crippen LogP contribution in [0.4, 0.5) is 9.18 Å². The lowest BCUT2D eigenvalue weighted by Crippen LogP contribution is -2.43. The fraction of sp³-hybridized carbons (Fsp3) is 0.296. The lowest BCUT2D eigenvalue weighted by Gasteiger charge is -2.35. The van der Waals surface area contributed by atoms with Gasteiger partial charge >= 0.3 is 6.09 Å². The molecule has 1 saturated heterocycles. The number of hydrogen-bond acceptors (Lipinski definition) is 3. The fourth-order valence-corrected chi connectivity index (χ4v) is 3.68. The van der Waals surface area contributed by atoms with Crippen molar-refractivity contribution in [3.63, 3.8) is 0 Å². The molecule has 4 nitrogen and oxygen atoms in total. The van der Waals surface area contributed by atoms with Crippen LogP contribution in [0.5, 0.6) is 0 Å². The second kappa shape index (κ2) is 12.0. The molecular formula is C27H30FNO3. The van der Waals surface area contributed by atoms with Crippen molar-refractivity contribution in [1.82, 2.24) is 4.90 Å². The van der Waals surface area contributed by atoms with Crippen LogP contribution in [-0.4, -0.2) is 35.4 Å². The molecule has 2 unspecified atom stereocenters. The summed E-state index contributed by atoms with van der Waals surface area (Å²) in [5.74, 6) is -0.250. The van der Waals surface area contributed by atoms with Gasteiger partial charge in [0.2, 0.25) is 0 Å². The van der Waals surface area contributed by atoms with Gasteiger partial charge in [0, 0.05) is 19.6 Å². The van der Waals surface area contributed by atoms with E-state index in [0.717, 1.165) is 23.1 Å². The van der Waals surface area contributed by atoms with Gasteiger partial charge in [0.05, 0.1) is 6.04 Å². The smallest absolute Gasteiger partial charge is 0.410 e. The van der Waals surface area contributed by atoms with Gasteiger partial charge in [-0.15, -0.1) is 0 Å². The molecule has 3 aromatic rings. The van der Waals surface area contributed by atoms with Gasteiger partial charge in [0.15, 0.2) is 0 Å². The number of rotatable bonds is 6. The summed E-state index contributed by atoms with van der Waals surface area (Å²) in [4.78, 5) is 14.0. The molecule has 1 aliphatic heterocycles. The Kier molecular flexibility index (Phi) is 8.81. The van der Waals surface area contributed by atoms with Crippen molar-refractivity contribution in [2.75, 3.05) is 13.2 Å². The largest absolute Gasteiger partial charge is 0.446 e. The Morgan fingerprint density at radius 1 is 0.969 bits per heavy atom. The highest BCUT2D eigenvalue weighted by molar-refractivity contribution is 5.69. The average Bonchev–Trinajstić information content (AvgIpc) is 2.84.